The largest absolute Gasteiger partial charge is 0.370 e. The van der Waals surface area contributed by atoms with Crippen LogP contribution in [0.2, 0.25) is 0 Å². The minimum absolute atomic E-state index is 0.581. The van der Waals surface area contributed by atoms with Crippen LogP contribution < -0.4 is 4.90 Å². The smallest absolute Gasteiger partial charge is 0.0510 e. The molecule has 0 aromatic heterocycles. The third-order valence-electron chi connectivity index (χ3n) is 3.49. The summed E-state index contributed by atoms with van der Waals surface area (Å²) in [5, 5.41) is 0. The number of benzene rings is 1. The summed E-state index contributed by atoms with van der Waals surface area (Å²) in [4.78, 5) is 2.49. The molecule has 1 heterocycles. The van der Waals surface area contributed by atoms with Gasteiger partial charge in [-0.25, -0.2) is 0 Å². The SMILES string of the molecule is CCCC1CCN(c2ccc(CCl)cc2Br)C1. The van der Waals surface area contributed by atoms with Gasteiger partial charge in [-0.1, -0.05) is 19.4 Å². The first kappa shape index (κ1) is 13.2. The van der Waals surface area contributed by atoms with E-state index < -0.39 is 0 Å². The number of halogens is 2. The molecule has 1 nitrogen and oxygen atoms in total. The summed E-state index contributed by atoms with van der Waals surface area (Å²) < 4.78 is 1.17. The van der Waals surface area contributed by atoms with Crippen LogP contribution in [0.15, 0.2) is 22.7 Å². The lowest BCUT2D eigenvalue weighted by molar-refractivity contribution is 0.530. The van der Waals surface area contributed by atoms with Gasteiger partial charge in [0.1, 0.15) is 0 Å². The highest BCUT2D eigenvalue weighted by atomic mass is 79.9. The van der Waals surface area contributed by atoms with E-state index in [1.165, 1.54) is 48.1 Å². The molecule has 1 unspecified atom stereocenters. The lowest BCUT2D eigenvalue weighted by atomic mass is 10.0. The predicted octanol–water partition coefficient (Wildman–Crippen LogP) is 4.81. The molecule has 0 N–H and O–H groups in total. The third kappa shape index (κ3) is 3.17. The minimum atomic E-state index is 0.581. The monoisotopic (exact) mass is 315 g/mol. The Morgan fingerprint density at radius 1 is 1.47 bits per heavy atom. The highest BCUT2D eigenvalue weighted by Crippen LogP contribution is 2.32. The molecular formula is C14H19BrClN. The lowest BCUT2D eigenvalue weighted by Crippen LogP contribution is -2.20. The third-order valence-corrected chi connectivity index (χ3v) is 4.43. The van der Waals surface area contributed by atoms with E-state index in [1.54, 1.807) is 0 Å². The molecule has 0 saturated carbocycles. The summed E-state index contributed by atoms with van der Waals surface area (Å²) in [6, 6.07) is 6.45. The van der Waals surface area contributed by atoms with E-state index in [-0.39, 0.29) is 0 Å². The van der Waals surface area contributed by atoms with Gasteiger partial charge in [-0.15, -0.1) is 11.6 Å². The van der Waals surface area contributed by atoms with E-state index in [0.29, 0.717) is 5.88 Å². The Balaban J connectivity index is 2.08. The normalized spacial score (nSPS) is 19.9. The van der Waals surface area contributed by atoms with Crippen LogP contribution in [0.25, 0.3) is 0 Å². The van der Waals surface area contributed by atoms with Crippen LogP contribution >= 0.6 is 27.5 Å². The number of anilines is 1. The molecule has 17 heavy (non-hydrogen) atoms. The first-order chi connectivity index (χ1) is 8.24. The number of hydrogen-bond acceptors (Lipinski definition) is 1. The fraction of sp³-hybridized carbons (Fsp3) is 0.571. The highest BCUT2D eigenvalue weighted by molar-refractivity contribution is 9.10. The quantitative estimate of drug-likeness (QED) is 0.720. The minimum Gasteiger partial charge on any atom is -0.370 e. The molecule has 0 aliphatic carbocycles. The van der Waals surface area contributed by atoms with Crippen LogP contribution in [-0.2, 0) is 5.88 Å². The number of nitrogens with zero attached hydrogens (tertiary/aromatic N) is 1. The molecule has 0 amide bonds. The van der Waals surface area contributed by atoms with Gasteiger partial charge >= 0.3 is 0 Å². The van der Waals surface area contributed by atoms with Crippen molar-refractivity contribution in [3.05, 3.63) is 28.2 Å². The molecule has 1 aliphatic rings. The van der Waals surface area contributed by atoms with Crippen LogP contribution in [0.3, 0.4) is 0 Å². The second kappa shape index (κ2) is 6.10. The van der Waals surface area contributed by atoms with Crippen molar-refractivity contribution in [1.29, 1.82) is 0 Å². The molecule has 3 heteroatoms. The van der Waals surface area contributed by atoms with Gasteiger partial charge in [0, 0.05) is 23.4 Å². The summed E-state index contributed by atoms with van der Waals surface area (Å²) in [6.07, 6.45) is 3.98. The number of alkyl halides is 1. The van der Waals surface area contributed by atoms with E-state index in [4.69, 9.17) is 11.6 Å². The van der Waals surface area contributed by atoms with Crippen molar-refractivity contribution in [2.24, 2.45) is 5.92 Å². The second-order valence-electron chi connectivity index (χ2n) is 4.81. The van der Waals surface area contributed by atoms with Gasteiger partial charge in [-0.2, -0.15) is 0 Å². The van der Waals surface area contributed by atoms with Crippen molar-refractivity contribution in [3.8, 4) is 0 Å². The molecule has 1 aliphatic heterocycles. The van der Waals surface area contributed by atoms with Gasteiger partial charge in [-0.3, -0.25) is 0 Å². The molecule has 1 saturated heterocycles. The summed E-state index contributed by atoms with van der Waals surface area (Å²) >= 11 is 9.50. The topological polar surface area (TPSA) is 3.24 Å². The van der Waals surface area contributed by atoms with Crippen LogP contribution in [-0.4, -0.2) is 13.1 Å². The summed E-state index contributed by atoms with van der Waals surface area (Å²) in [6.45, 7) is 4.66. The van der Waals surface area contributed by atoms with E-state index in [2.05, 4.69) is 46.0 Å². The van der Waals surface area contributed by atoms with Crippen molar-refractivity contribution < 1.29 is 0 Å². The Morgan fingerprint density at radius 2 is 2.29 bits per heavy atom. The lowest BCUT2D eigenvalue weighted by Gasteiger charge is -2.20. The van der Waals surface area contributed by atoms with Gasteiger partial charge in [0.2, 0.25) is 0 Å². The molecule has 1 fully saturated rings. The van der Waals surface area contributed by atoms with Crippen LogP contribution in [0.1, 0.15) is 31.7 Å². The van der Waals surface area contributed by atoms with E-state index >= 15 is 0 Å². The fourth-order valence-electron chi connectivity index (χ4n) is 2.59. The average molecular weight is 317 g/mol. The van der Waals surface area contributed by atoms with Crippen molar-refractivity contribution >= 4 is 33.2 Å². The summed E-state index contributed by atoms with van der Waals surface area (Å²) in [5.41, 5.74) is 2.49. The Bertz CT molecular complexity index is 380. The molecule has 1 aromatic rings. The van der Waals surface area contributed by atoms with Crippen molar-refractivity contribution in [2.45, 2.75) is 32.1 Å². The zero-order chi connectivity index (χ0) is 12.3. The van der Waals surface area contributed by atoms with Gasteiger partial charge in [-0.05, 0) is 52.4 Å². The van der Waals surface area contributed by atoms with E-state index in [0.717, 1.165) is 5.92 Å². The summed E-state index contributed by atoms with van der Waals surface area (Å²) in [5.74, 6) is 1.46. The van der Waals surface area contributed by atoms with Gasteiger partial charge < -0.3 is 4.90 Å². The molecule has 0 spiro atoms. The zero-order valence-electron chi connectivity index (χ0n) is 10.3. The first-order valence-electron chi connectivity index (χ1n) is 6.34. The maximum absolute atomic E-state index is 5.84. The van der Waals surface area contributed by atoms with Crippen molar-refractivity contribution in [2.75, 3.05) is 18.0 Å². The molecule has 1 aromatic carbocycles. The van der Waals surface area contributed by atoms with Crippen LogP contribution in [0.5, 0.6) is 0 Å². The Morgan fingerprint density at radius 3 is 2.94 bits per heavy atom. The van der Waals surface area contributed by atoms with Gasteiger partial charge in [0.15, 0.2) is 0 Å². The standard InChI is InChI=1S/C14H19BrClN/c1-2-3-11-6-7-17(10-11)14-5-4-12(9-16)8-13(14)15/h4-5,8,11H,2-3,6-7,9-10H2,1H3. The predicted molar refractivity (Wildman–Crippen MR) is 78.9 cm³/mol. The van der Waals surface area contributed by atoms with Crippen molar-refractivity contribution in [1.82, 2.24) is 0 Å². The Labute approximate surface area is 117 Å². The Hall–Kier alpha value is -0.210. The molecule has 0 radical (unpaired) electrons. The van der Waals surface area contributed by atoms with E-state index in [1.807, 2.05) is 0 Å². The summed E-state index contributed by atoms with van der Waals surface area (Å²) in [7, 11) is 0. The van der Waals surface area contributed by atoms with Gasteiger partial charge in [0.05, 0.1) is 5.69 Å². The maximum Gasteiger partial charge on any atom is 0.0510 e. The molecule has 1 atom stereocenters. The molecular weight excluding hydrogens is 298 g/mol. The second-order valence-corrected chi connectivity index (χ2v) is 5.93. The molecule has 0 bridgehead atoms. The fourth-order valence-corrected chi connectivity index (χ4v) is 3.43. The highest BCUT2D eigenvalue weighted by Gasteiger charge is 2.23. The maximum atomic E-state index is 5.84. The molecule has 94 valence electrons. The van der Waals surface area contributed by atoms with Crippen LogP contribution in [0, 0.1) is 5.92 Å². The van der Waals surface area contributed by atoms with E-state index in [9.17, 15) is 0 Å². The zero-order valence-corrected chi connectivity index (χ0v) is 12.6. The Kier molecular flexibility index (Phi) is 4.75. The van der Waals surface area contributed by atoms with Crippen molar-refractivity contribution in [3.63, 3.8) is 0 Å². The molecule has 2 rings (SSSR count). The average Bonchev–Trinajstić information content (AvgIpc) is 2.78. The van der Waals surface area contributed by atoms with Crippen LogP contribution in [0.4, 0.5) is 5.69 Å². The number of hydrogen-bond donors (Lipinski definition) is 0. The first-order valence-corrected chi connectivity index (χ1v) is 7.66. The van der Waals surface area contributed by atoms with Gasteiger partial charge in [0.25, 0.3) is 0 Å². The number of rotatable bonds is 4.